The lowest BCUT2D eigenvalue weighted by atomic mass is 9.98. The van der Waals surface area contributed by atoms with E-state index in [1.54, 1.807) is 0 Å². The molecule has 1 aliphatic carbocycles. The Kier molecular flexibility index (Phi) is 2.73. The van der Waals surface area contributed by atoms with Crippen molar-refractivity contribution in [1.82, 2.24) is 10.2 Å². The van der Waals surface area contributed by atoms with Crippen LogP contribution in [-0.4, -0.2) is 37.1 Å². The summed E-state index contributed by atoms with van der Waals surface area (Å²) in [4.78, 5) is 2.78. The van der Waals surface area contributed by atoms with Crippen molar-refractivity contribution in [3.8, 4) is 0 Å². The van der Waals surface area contributed by atoms with Crippen LogP contribution in [0.4, 0.5) is 0 Å². The van der Waals surface area contributed by atoms with Gasteiger partial charge in [-0.25, -0.2) is 0 Å². The van der Waals surface area contributed by atoms with Gasteiger partial charge in [-0.1, -0.05) is 12.8 Å². The zero-order valence-corrected chi connectivity index (χ0v) is 9.91. The van der Waals surface area contributed by atoms with Crippen LogP contribution < -0.4 is 5.32 Å². The maximum Gasteiger partial charge on any atom is 0.00954 e. The van der Waals surface area contributed by atoms with Crippen LogP contribution in [-0.2, 0) is 0 Å². The Labute approximate surface area is 93.4 Å². The first-order chi connectivity index (χ1) is 7.34. The van der Waals surface area contributed by atoms with E-state index in [0.717, 1.165) is 23.8 Å². The minimum atomic E-state index is 0.859. The minimum absolute atomic E-state index is 0.859. The Hall–Kier alpha value is -0.0800. The standard InChI is InChI=1S/C13H24N2/c1-10(11-4-2-3-5-11)15-8-12-6-14-7-13(12)9-15/h10-14H,2-9H2,1H3/t10?,12-,13+. The van der Waals surface area contributed by atoms with Crippen LogP contribution in [0.1, 0.15) is 32.6 Å². The molecule has 0 aromatic heterocycles. The molecule has 0 radical (unpaired) electrons. The molecule has 2 saturated heterocycles. The van der Waals surface area contributed by atoms with Crippen molar-refractivity contribution in [2.24, 2.45) is 17.8 Å². The summed E-state index contributed by atoms with van der Waals surface area (Å²) >= 11 is 0. The van der Waals surface area contributed by atoms with Crippen LogP contribution in [0.3, 0.4) is 0 Å². The number of nitrogens with one attached hydrogen (secondary N) is 1. The summed E-state index contributed by atoms with van der Waals surface area (Å²) in [6.45, 7) is 7.77. The van der Waals surface area contributed by atoms with Gasteiger partial charge in [0.25, 0.3) is 0 Å². The predicted octanol–water partition coefficient (Wildman–Crippen LogP) is 1.72. The lowest BCUT2D eigenvalue weighted by Crippen LogP contribution is -2.37. The quantitative estimate of drug-likeness (QED) is 0.743. The number of fused-ring (bicyclic) bond motifs is 1. The molecule has 3 rings (SSSR count). The molecule has 0 aromatic rings. The van der Waals surface area contributed by atoms with Crippen LogP contribution in [0.15, 0.2) is 0 Å². The molecule has 0 spiro atoms. The van der Waals surface area contributed by atoms with E-state index in [9.17, 15) is 0 Å². The van der Waals surface area contributed by atoms with Gasteiger partial charge >= 0.3 is 0 Å². The average molecular weight is 208 g/mol. The Morgan fingerprint density at radius 2 is 1.67 bits per heavy atom. The molecule has 3 fully saturated rings. The predicted molar refractivity (Wildman–Crippen MR) is 62.8 cm³/mol. The molecule has 1 unspecified atom stereocenters. The van der Waals surface area contributed by atoms with E-state index in [1.165, 1.54) is 51.9 Å². The van der Waals surface area contributed by atoms with E-state index in [4.69, 9.17) is 0 Å². The van der Waals surface area contributed by atoms with Crippen LogP contribution in [0.25, 0.3) is 0 Å². The molecule has 15 heavy (non-hydrogen) atoms. The van der Waals surface area contributed by atoms with Gasteiger partial charge in [-0.2, -0.15) is 0 Å². The highest BCUT2D eigenvalue weighted by Gasteiger charge is 2.39. The highest BCUT2D eigenvalue weighted by molar-refractivity contribution is 4.94. The van der Waals surface area contributed by atoms with Crippen LogP contribution >= 0.6 is 0 Å². The summed E-state index contributed by atoms with van der Waals surface area (Å²) in [5, 5.41) is 3.53. The molecule has 2 nitrogen and oxygen atoms in total. The minimum Gasteiger partial charge on any atom is -0.316 e. The van der Waals surface area contributed by atoms with Crippen molar-refractivity contribution in [3.63, 3.8) is 0 Å². The number of nitrogens with zero attached hydrogens (tertiary/aromatic N) is 1. The Morgan fingerprint density at radius 3 is 2.27 bits per heavy atom. The van der Waals surface area contributed by atoms with Gasteiger partial charge in [0.2, 0.25) is 0 Å². The van der Waals surface area contributed by atoms with Crippen molar-refractivity contribution >= 4 is 0 Å². The molecule has 2 heteroatoms. The first-order valence-electron chi connectivity index (χ1n) is 6.79. The molecule has 0 aromatic carbocycles. The molecular formula is C13H24N2. The second-order valence-corrected chi connectivity index (χ2v) is 5.92. The van der Waals surface area contributed by atoms with Crippen LogP contribution in [0.2, 0.25) is 0 Å². The summed E-state index contributed by atoms with van der Waals surface area (Å²) in [7, 11) is 0. The van der Waals surface area contributed by atoms with Gasteiger partial charge in [0.1, 0.15) is 0 Å². The van der Waals surface area contributed by atoms with Crippen molar-refractivity contribution < 1.29 is 0 Å². The summed E-state index contributed by atoms with van der Waals surface area (Å²) < 4.78 is 0. The van der Waals surface area contributed by atoms with Gasteiger partial charge in [-0.3, -0.25) is 4.90 Å². The molecule has 3 aliphatic rings. The van der Waals surface area contributed by atoms with E-state index in [0.29, 0.717) is 0 Å². The van der Waals surface area contributed by atoms with Gasteiger partial charge in [0.15, 0.2) is 0 Å². The van der Waals surface area contributed by atoms with Crippen molar-refractivity contribution in [2.45, 2.75) is 38.6 Å². The third-order valence-corrected chi connectivity index (χ3v) is 5.08. The zero-order valence-electron chi connectivity index (χ0n) is 9.91. The van der Waals surface area contributed by atoms with Gasteiger partial charge in [-0.05, 0) is 50.6 Å². The van der Waals surface area contributed by atoms with E-state index >= 15 is 0 Å². The molecule has 1 N–H and O–H groups in total. The van der Waals surface area contributed by atoms with E-state index in [-0.39, 0.29) is 0 Å². The number of rotatable bonds is 2. The molecule has 3 atom stereocenters. The molecule has 2 aliphatic heterocycles. The van der Waals surface area contributed by atoms with Gasteiger partial charge in [-0.15, -0.1) is 0 Å². The molecular weight excluding hydrogens is 184 g/mol. The van der Waals surface area contributed by atoms with Gasteiger partial charge in [0, 0.05) is 19.1 Å². The summed E-state index contributed by atoms with van der Waals surface area (Å²) in [5.74, 6) is 2.94. The first kappa shape index (κ1) is 10.1. The van der Waals surface area contributed by atoms with E-state index in [2.05, 4.69) is 17.1 Å². The third-order valence-electron chi connectivity index (χ3n) is 5.08. The fraction of sp³-hybridized carbons (Fsp3) is 1.00. The highest BCUT2D eigenvalue weighted by Crippen LogP contribution is 2.34. The van der Waals surface area contributed by atoms with Crippen molar-refractivity contribution in [3.05, 3.63) is 0 Å². The van der Waals surface area contributed by atoms with E-state index in [1.807, 2.05) is 0 Å². The Bertz CT molecular complexity index is 211. The largest absolute Gasteiger partial charge is 0.316 e. The number of hydrogen-bond acceptors (Lipinski definition) is 2. The molecule has 1 saturated carbocycles. The van der Waals surface area contributed by atoms with E-state index < -0.39 is 0 Å². The SMILES string of the molecule is CC(C1CCCC1)N1C[C@H]2CNC[C@H]2C1. The number of hydrogen-bond donors (Lipinski definition) is 1. The number of likely N-dealkylation sites (tertiary alicyclic amines) is 1. The molecule has 0 amide bonds. The summed E-state index contributed by atoms with van der Waals surface area (Å²) in [5.41, 5.74) is 0. The van der Waals surface area contributed by atoms with Crippen molar-refractivity contribution in [1.29, 1.82) is 0 Å². The maximum atomic E-state index is 3.53. The molecule has 0 bridgehead atoms. The lowest BCUT2D eigenvalue weighted by Gasteiger charge is -2.30. The van der Waals surface area contributed by atoms with Crippen molar-refractivity contribution in [2.75, 3.05) is 26.2 Å². The molecule has 86 valence electrons. The zero-order chi connectivity index (χ0) is 10.3. The lowest BCUT2D eigenvalue weighted by molar-refractivity contribution is 0.179. The second-order valence-electron chi connectivity index (χ2n) is 5.92. The fourth-order valence-electron chi connectivity index (χ4n) is 3.96. The third kappa shape index (κ3) is 1.83. The van der Waals surface area contributed by atoms with Crippen LogP contribution in [0.5, 0.6) is 0 Å². The van der Waals surface area contributed by atoms with Crippen LogP contribution in [0, 0.1) is 17.8 Å². The summed E-state index contributed by atoms with van der Waals surface area (Å²) in [6, 6.07) is 0.859. The monoisotopic (exact) mass is 208 g/mol. The Balaban J connectivity index is 1.59. The second kappa shape index (κ2) is 4.06. The maximum absolute atomic E-state index is 3.53. The average Bonchev–Trinajstić information content (AvgIpc) is 2.92. The molecule has 2 heterocycles. The smallest absolute Gasteiger partial charge is 0.00954 e. The Morgan fingerprint density at radius 1 is 1.07 bits per heavy atom. The topological polar surface area (TPSA) is 15.3 Å². The highest BCUT2D eigenvalue weighted by atomic mass is 15.2. The fourth-order valence-corrected chi connectivity index (χ4v) is 3.96. The summed E-state index contributed by atoms with van der Waals surface area (Å²) in [6.07, 6.45) is 5.95. The first-order valence-corrected chi connectivity index (χ1v) is 6.79. The normalized spacial score (nSPS) is 39.8. The van der Waals surface area contributed by atoms with Gasteiger partial charge < -0.3 is 5.32 Å². The van der Waals surface area contributed by atoms with Gasteiger partial charge in [0.05, 0.1) is 0 Å².